The van der Waals surface area contributed by atoms with Gasteiger partial charge in [0.25, 0.3) is 0 Å². The SMILES string of the molecule is CNc1nccc(C(=N)c2nc(CO)c(N3CCC4(CCOC4)CC3)nc2N)c1Cl. The summed E-state index contributed by atoms with van der Waals surface area (Å²) in [5, 5.41) is 21.7. The lowest BCUT2D eigenvalue weighted by molar-refractivity contribution is 0.133. The van der Waals surface area contributed by atoms with Crippen LogP contribution in [0.15, 0.2) is 12.3 Å². The second kappa shape index (κ2) is 8.33. The number of piperidine rings is 1. The van der Waals surface area contributed by atoms with Crippen molar-refractivity contribution in [2.45, 2.75) is 25.9 Å². The van der Waals surface area contributed by atoms with Gasteiger partial charge in [-0.15, -0.1) is 0 Å². The molecule has 0 unspecified atom stereocenters. The first-order valence-corrected chi connectivity index (χ1v) is 10.4. The fraction of sp³-hybridized carbons (Fsp3) is 0.500. The third kappa shape index (κ3) is 3.68. The van der Waals surface area contributed by atoms with Crippen LogP contribution in [0.2, 0.25) is 5.02 Å². The zero-order valence-corrected chi connectivity index (χ0v) is 17.7. The number of nitrogens with zero attached hydrogens (tertiary/aromatic N) is 4. The number of aliphatic hydroxyl groups is 1. The number of anilines is 3. The standard InChI is InChI=1S/C20H26ClN7O2/c1-24-18-14(21)12(2-6-25-18)15(22)16-17(23)27-19(13(10-29)26-16)28-7-3-20(4-8-28)5-9-30-11-20/h2,6,22,29H,3-5,7-11H2,1H3,(H2,23,27)(H,24,25). The Hall–Kier alpha value is -2.49. The van der Waals surface area contributed by atoms with E-state index in [0.717, 1.165) is 45.6 Å². The summed E-state index contributed by atoms with van der Waals surface area (Å²) in [6.07, 6.45) is 4.68. The third-order valence-electron chi connectivity index (χ3n) is 6.06. The Morgan fingerprint density at radius 2 is 2.13 bits per heavy atom. The first-order valence-electron chi connectivity index (χ1n) is 9.99. The van der Waals surface area contributed by atoms with Gasteiger partial charge < -0.3 is 25.8 Å². The van der Waals surface area contributed by atoms with Gasteiger partial charge in [0.2, 0.25) is 0 Å². The second-order valence-corrected chi connectivity index (χ2v) is 8.20. The molecule has 0 saturated carbocycles. The van der Waals surface area contributed by atoms with E-state index >= 15 is 0 Å². The molecule has 0 bridgehead atoms. The van der Waals surface area contributed by atoms with Crippen molar-refractivity contribution in [3.8, 4) is 0 Å². The summed E-state index contributed by atoms with van der Waals surface area (Å²) < 4.78 is 5.60. The van der Waals surface area contributed by atoms with Crippen LogP contribution in [0, 0.1) is 10.8 Å². The van der Waals surface area contributed by atoms with Crippen LogP contribution >= 0.6 is 11.6 Å². The van der Waals surface area contributed by atoms with Crippen molar-refractivity contribution in [2.75, 3.05) is 49.3 Å². The predicted molar refractivity (Wildman–Crippen MR) is 116 cm³/mol. The van der Waals surface area contributed by atoms with Gasteiger partial charge in [-0.1, -0.05) is 11.6 Å². The van der Waals surface area contributed by atoms with E-state index in [1.165, 1.54) is 0 Å². The van der Waals surface area contributed by atoms with E-state index in [0.29, 0.717) is 27.9 Å². The van der Waals surface area contributed by atoms with E-state index in [1.807, 2.05) is 0 Å². The van der Waals surface area contributed by atoms with Crippen LogP contribution in [0.4, 0.5) is 17.5 Å². The van der Waals surface area contributed by atoms with Crippen LogP contribution < -0.4 is 16.0 Å². The van der Waals surface area contributed by atoms with Gasteiger partial charge in [0.05, 0.1) is 23.9 Å². The normalized spacial score (nSPS) is 18.0. The monoisotopic (exact) mass is 431 g/mol. The Morgan fingerprint density at radius 3 is 2.77 bits per heavy atom. The minimum absolute atomic E-state index is 0.0332. The van der Waals surface area contributed by atoms with E-state index < -0.39 is 0 Å². The molecule has 160 valence electrons. The van der Waals surface area contributed by atoms with Crippen molar-refractivity contribution < 1.29 is 9.84 Å². The van der Waals surface area contributed by atoms with Crippen molar-refractivity contribution in [2.24, 2.45) is 5.41 Å². The van der Waals surface area contributed by atoms with Gasteiger partial charge in [-0.05, 0) is 30.7 Å². The largest absolute Gasteiger partial charge is 0.390 e. The molecule has 0 amide bonds. The Morgan fingerprint density at radius 1 is 1.37 bits per heavy atom. The number of aromatic nitrogens is 3. The first-order chi connectivity index (χ1) is 14.5. The van der Waals surface area contributed by atoms with Crippen molar-refractivity contribution in [3.63, 3.8) is 0 Å². The minimum atomic E-state index is -0.292. The van der Waals surface area contributed by atoms with Gasteiger partial charge in [-0.2, -0.15) is 0 Å². The highest BCUT2D eigenvalue weighted by Crippen LogP contribution is 2.40. The molecular formula is C20H26ClN7O2. The van der Waals surface area contributed by atoms with Gasteiger partial charge in [0, 0.05) is 38.5 Å². The van der Waals surface area contributed by atoms with Crippen molar-refractivity contribution >= 4 is 34.8 Å². The molecule has 10 heteroatoms. The quantitative estimate of drug-likeness (QED) is 0.528. The summed E-state index contributed by atoms with van der Waals surface area (Å²) in [4.78, 5) is 15.3. The highest BCUT2D eigenvalue weighted by Gasteiger charge is 2.38. The van der Waals surface area contributed by atoms with Crippen molar-refractivity contribution in [1.29, 1.82) is 5.41 Å². The number of hydrogen-bond acceptors (Lipinski definition) is 9. The van der Waals surface area contributed by atoms with Crippen LogP contribution in [0.5, 0.6) is 0 Å². The molecule has 1 spiro atoms. The molecule has 5 N–H and O–H groups in total. The summed E-state index contributed by atoms with van der Waals surface area (Å²) in [6, 6.07) is 1.63. The Balaban J connectivity index is 1.62. The van der Waals surface area contributed by atoms with Crippen molar-refractivity contribution in [1.82, 2.24) is 15.0 Å². The highest BCUT2D eigenvalue weighted by molar-refractivity contribution is 6.37. The Kier molecular flexibility index (Phi) is 5.77. The van der Waals surface area contributed by atoms with Gasteiger partial charge in [0.15, 0.2) is 11.6 Å². The predicted octanol–water partition coefficient (Wildman–Crippen LogP) is 2.06. The zero-order chi connectivity index (χ0) is 21.3. The number of rotatable bonds is 5. The maximum atomic E-state index is 9.95. The van der Waals surface area contributed by atoms with Crippen LogP contribution in [0.1, 0.15) is 36.2 Å². The summed E-state index contributed by atoms with van der Waals surface area (Å²) in [5.74, 6) is 1.18. The van der Waals surface area contributed by atoms with Crippen LogP contribution in [-0.2, 0) is 11.3 Å². The van der Waals surface area contributed by atoms with Crippen LogP contribution in [-0.4, -0.2) is 59.1 Å². The average molecular weight is 432 g/mol. The molecule has 4 heterocycles. The first kappa shape index (κ1) is 20.8. The van der Waals surface area contributed by atoms with Gasteiger partial charge >= 0.3 is 0 Å². The van der Waals surface area contributed by atoms with Gasteiger partial charge in [0.1, 0.15) is 17.2 Å². The molecule has 2 aliphatic heterocycles. The third-order valence-corrected chi connectivity index (χ3v) is 6.45. The fourth-order valence-electron chi connectivity index (χ4n) is 4.19. The summed E-state index contributed by atoms with van der Waals surface area (Å²) in [7, 11) is 1.70. The fourth-order valence-corrected chi connectivity index (χ4v) is 4.49. The van der Waals surface area contributed by atoms with E-state index in [2.05, 4.69) is 25.2 Å². The molecule has 2 aromatic heterocycles. The summed E-state index contributed by atoms with van der Waals surface area (Å²) in [6.45, 7) is 2.97. The lowest BCUT2D eigenvalue weighted by Gasteiger charge is -2.39. The minimum Gasteiger partial charge on any atom is -0.390 e. The van der Waals surface area contributed by atoms with Crippen LogP contribution in [0.3, 0.4) is 0 Å². The molecule has 0 atom stereocenters. The summed E-state index contributed by atoms with van der Waals surface area (Å²) in [5.41, 5.74) is 7.54. The molecule has 0 aromatic carbocycles. The van der Waals surface area contributed by atoms with E-state index in [1.54, 1.807) is 19.3 Å². The highest BCUT2D eigenvalue weighted by atomic mass is 35.5. The molecule has 0 aliphatic carbocycles. The lowest BCUT2D eigenvalue weighted by Crippen LogP contribution is -2.41. The molecule has 2 aliphatic rings. The number of nitrogens with one attached hydrogen (secondary N) is 2. The lowest BCUT2D eigenvalue weighted by atomic mass is 9.78. The molecule has 2 saturated heterocycles. The number of pyridine rings is 1. The molecular weight excluding hydrogens is 406 g/mol. The topological polar surface area (TPSA) is 133 Å². The number of nitrogens with two attached hydrogens (primary N) is 1. The maximum Gasteiger partial charge on any atom is 0.155 e. The second-order valence-electron chi connectivity index (χ2n) is 7.82. The van der Waals surface area contributed by atoms with Gasteiger partial charge in [-0.25, -0.2) is 15.0 Å². The van der Waals surface area contributed by atoms with Crippen molar-refractivity contribution in [3.05, 3.63) is 34.2 Å². The van der Waals surface area contributed by atoms with E-state index in [4.69, 9.17) is 27.5 Å². The molecule has 2 aromatic rings. The van der Waals surface area contributed by atoms with Crippen LogP contribution in [0.25, 0.3) is 0 Å². The molecule has 2 fully saturated rings. The number of ether oxygens (including phenoxy) is 1. The molecule has 9 nitrogen and oxygen atoms in total. The summed E-state index contributed by atoms with van der Waals surface area (Å²) >= 11 is 6.37. The van der Waals surface area contributed by atoms with Gasteiger partial charge in [-0.3, -0.25) is 5.41 Å². The number of nitrogen functional groups attached to an aromatic ring is 1. The molecule has 0 radical (unpaired) electrons. The Bertz CT molecular complexity index is 952. The van der Waals surface area contributed by atoms with E-state index in [9.17, 15) is 5.11 Å². The smallest absolute Gasteiger partial charge is 0.155 e. The average Bonchev–Trinajstić information content (AvgIpc) is 3.22. The Labute approximate surface area is 180 Å². The molecule has 30 heavy (non-hydrogen) atoms. The number of aliphatic hydroxyl groups excluding tert-OH is 1. The maximum absolute atomic E-state index is 9.95. The zero-order valence-electron chi connectivity index (χ0n) is 16.9. The van der Waals surface area contributed by atoms with E-state index in [-0.39, 0.29) is 29.2 Å². The number of halogens is 1. The number of hydrogen-bond donors (Lipinski definition) is 4. The molecule has 4 rings (SSSR count).